The molecule has 0 saturated carbocycles. The topological polar surface area (TPSA) is 98.4 Å². The van der Waals surface area contributed by atoms with Gasteiger partial charge in [0.05, 0.1) is 11.6 Å². The van der Waals surface area contributed by atoms with E-state index in [1.54, 1.807) is 0 Å². The number of nitrogens with zero attached hydrogens (tertiary/aromatic N) is 1. The maximum atomic E-state index is 12.5. The highest BCUT2D eigenvalue weighted by Gasteiger charge is 2.06. The number of aromatic carboxylic acids is 1. The van der Waals surface area contributed by atoms with Crippen LogP contribution in [-0.2, 0) is 4.79 Å². The average molecular weight is 225 g/mol. The van der Waals surface area contributed by atoms with Gasteiger partial charge < -0.3 is 10.2 Å². The molecule has 0 heterocycles. The molecule has 1 rings (SSSR count). The Balaban J connectivity index is 0.000000325. The molecule has 0 saturated heterocycles. The van der Waals surface area contributed by atoms with Crippen molar-refractivity contribution in [1.82, 2.24) is 0 Å². The number of hydrogen-bond acceptors (Lipinski definition) is 3. The number of halogens is 1. The molecule has 0 unspecified atom stereocenters. The zero-order chi connectivity index (χ0) is 12.6. The number of carbonyl (C=O) groups is 2. The van der Waals surface area contributed by atoms with Crippen molar-refractivity contribution >= 4 is 11.9 Å². The van der Waals surface area contributed by atoms with Crippen LogP contribution in [0.5, 0.6) is 0 Å². The summed E-state index contributed by atoms with van der Waals surface area (Å²) in [4.78, 5) is 19.6. The summed E-state index contributed by atoms with van der Waals surface area (Å²) in [6.07, 6.45) is -0.403. The van der Waals surface area contributed by atoms with Crippen LogP contribution in [0, 0.1) is 17.1 Å². The van der Waals surface area contributed by atoms with Gasteiger partial charge in [0.2, 0.25) is 0 Å². The molecule has 5 nitrogen and oxygen atoms in total. The van der Waals surface area contributed by atoms with Crippen LogP contribution in [0.15, 0.2) is 24.3 Å². The predicted octanol–water partition coefficient (Wildman–Crippen LogP) is 1.51. The van der Waals surface area contributed by atoms with Gasteiger partial charge >= 0.3 is 11.9 Å². The SMILES string of the molecule is N#CCC(=O)O.O=C(O)c1ccccc1F. The fourth-order valence-corrected chi connectivity index (χ4v) is 0.702. The van der Waals surface area contributed by atoms with Crippen molar-refractivity contribution in [3.8, 4) is 6.07 Å². The minimum Gasteiger partial charge on any atom is -0.480 e. The first kappa shape index (κ1) is 13.6. The van der Waals surface area contributed by atoms with E-state index in [2.05, 4.69) is 0 Å². The summed E-state index contributed by atoms with van der Waals surface area (Å²) in [6, 6.07) is 6.73. The fraction of sp³-hybridized carbons (Fsp3) is 0.100. The Hall–Kier alpha value is -2.42. The molecule has 6 heteroatoms. The molecule has 0 aromatic heterocycles. The van der Waals surface area contributed by atoms with Crippen LogP contribution < -0.4 is 0 Å². The van der Waals surface area contributed by atoms with Crippen LogP contribution in [0.25, 0.3) is 0 Å². The van der Waals surface area contributed by atoms with Crippen LogP contribution >= 0.6 is 0 Å². The molecular formula is C10H8FNO4. The maximum absolute atomic E-state index is 12.5. The van der Waals surface area contributed by atoms with Crippen molar-refractivity contribution in [1.29, 1.82) is 5.26 Å². The number of aliphatic carboxylic acids is 1. The Morgan fingerprint density at radius 1 is 1.31 bits per heavy atom. The lowest BCUT2D eigenvalue weighted by Gasteiger charge is -1.92. The van der Waals surface area contributed by atoms with Gasteiger partial charge in [-0.2, -0.15) is 5.26 Å². The highest BCUT2D eigenvalue weighted by Crippen LogP contribution is 2.04. The summed E-state index contributed by atoms with van der Waals surface area (Å²) in [7, 11) is 0. The molecule has 1 aromatic carbocycles. The van der Waals surface area contributed by atoms with Gasteiger partial charge in [-0.3, -0.25) is 4.79 Å². The number of benzene rings is 1. The van der Waals surface area contributed by atoms with Crippen molar-refractivity contribution in [2.24, 2.45) is 0 Å². The molecule has 0 amide bonds. The quantitative estimate of drug-likeness (QED) is 0.794. The third-order valence-electron chi connectivity index (χ3n) is 1.33. The number of rotatable bonds is 2. The van der Waals surface area contributed by atoms with Crippen LogP contribution in [-0.4, -0.2) is 22.2 Å². The van der Waals surface area contributed by atoms with E-state index in [1.807, 2.05) is 0 Å². The Kier molecular flexibility index (Phi) is 5.90. The van der Waals surface area contributed by atoms with Crippen LogP contribution in [0.3, 0.4) is 0 Å². The second-order valence-corrected chi connectivity index (χ2v) is 2.51. The first-order valence-corrected chi connectivity index (χ1v) is 4.05. The van der Waals surface area contributed by atoms with E-state index in [9.17, 15) is 14.0 Å². The fourth-order valence-electron chi connectivity index (χ4n) is 0.702. The Morgan fingerprint density at radius 2 is 1.88 bits per heavy atom. The van der Waals surface area contributed by atoms with Gasteiger partial charge in [0.1, 0.15) is 12.2 Å². The second-order valence-electron chi connectivity index (χ2n) is 2.51. The molecule has 0 aliphatic carbocycles. The normalized spacial score (nSPS) is 8.25. The highest BCUT2D eigenvalue weighted by molar-refractivity contribution is 5.87. The van der Waals surface area contributed by atoms with E-state index in [1.165, 1.54) is 24.3 Å². The van der Waals surface area contributed by atoms with Crippen molar-refractivity contribution in [2.45, 2.75) is 6.42 Å². The van der Waals surface area contributed by atoms with E-state index < -0.39 is 24.2 Å². The van der Waals surface area contributed by atoms with Gasteiger partial charge in [-0.1, -0.05) is 12.1 Å². The van der Waals surface area contributed by atoms with Crippen molar-refractivity contribution < 1.29 is 24.2 Å². The smallest absolute Gasteiger partial charge is 0.338 e. The number of carboxylic acids is 2. The third kappa shape index (κ3) is 5.34. The molecule has 0 bridgehead atoms. The molecule has 0 fully saturated rings. The van der Waals surface area contributed by atoms with E-state index in [-0.39, 0.29) is 5.56 Å². The number of hydrogen-bond donors (Lipinski definition) is 2. The Labute approximate surface area is 90.4 Å². The van der Waals surface area contributed by atoms with E-state index in [0.29, 0.717) is 0 Å². The minimum atomic E-state index is -1.24. The molecule has 2 N–H and O–H groups in total. The second kappa shape index (κ2) is 6.95. The van der Waals surface area contributed by atoms with E-state index in [4.69, 9.17) is 15.5 Å². The standard InChI is InChI=1S/C7H5FO2.C3H3NO2/c8-6-4-2-1-3-5(6)7(9)10;4-2-1-3(5)6/h1-4H,(H,9,10);1H2,(H,5,6). The Bertz CT molecular complexity index is 425. The Morgan fingerprint density at radius 3 is 2.12 bits per heavy atom. The molecule has 0 aliphatic rings. The highest BCUT2D eigenvalue weighted by atomic mass is 19.1. The lowest BCUT2D eigenvalue weighted by molar-refractivity contribution is -0.135. The van der Waals surface area contributed by atoms with E-state index in [0.717, 1.165) is 6.07 Å². The van der Waals surface area contributed by atoms with E-state index >= 15 is 0 Å². The van der Waals surface area contributed by atoms with Gasteiger partial charge in [-0.05, 0) is 12.1 Å². The summed E-state index contributed by atoms with van der Waals surface area (Å²) in [5, 5.41) is 23.6. The largest absolute Gasteiger partial charge is 0.480 e. The zero-order valence-corrected chi connectivity index (χ0v) is 8.05. The van der Waals surface area contributed by atoms with Gasteiger partial charge in [0, 0.05) is 0 Å². The van der Waals surface area contributed by atoms with Gasteiger partial charge in [0.15, 0.2) is 0 Å². The summed E-state index contributed by atoms with van der Waals surface area (Å²) >= 11 is 0. The summed E-state index contributed by atoms with van der Waals surface area (Å²) in [5.74, 6) is -3.01. The third-order valence-corrected chi connectivity index (χ3v) is 1.33. The van der Waals surface area contributed by atoms with Crippen molar-refractivity contribution in [3.63, 3.8) is 0 Å². The summed E-state index contributed by atoms with van der Waals surface area (Å²) < 4.78 is 12.5. The van der Waals surface area contributed by atoms with Crippen LogP contribution in [0.2, 0.25) is 0 Å². The van der Waals surface area contributed by atoms with Gasteiger partial charge in [0.25, 0.3) is 0 Å². The van der Waals surface area contributed by atoms with Gasteiger partial charge in [-0.25, -0.2) is 9.18 Å². The average Bonchev–Trinajstić information content (AvgIpc) is 2.18. The van der Waals surface area contributed by atoms with Gasteiger partial charge in [-0.15, -0.1) is 0 Å². The van der Waals surface area contributed by atoms with Crippen molar-refractivity contribution in [2.75, 3.05) is 0 Å². The molecule has 84 valence electrons. The first-order chi connectivity index (χ1) is 7.49. The molecule has 0 aliphatic heterocycles. The number of carboxylic acid groups (broad SMARTS) is 2. The van der Waals surface area contributed by atoms with Crippen molar-refractivity contribution in [3.05, 3.63) is 35.6 Å². The monoisotopic (exact) mass is 225 g/mol. The number of nitriles is 1. The zero-order valence-electron chi connectivity index (χ0n) is 8.05. The molecular weight excluding hydrogens is 217 g/mol. The lowest BCUT2D eigenvalue weighted by atomic mass is 10.2. The molecule has 0 radical (unpaired) electrons. The molecule has 16 heavy (non-hydrogen) atoms. The molecule has 0 spiro atoms. The molecule has 0 atom stereocenters. The minimum absolute atomic E-state index is 0.289. The summed E-state index contributed by atoms with van der Waals surface area (Å²) in [6.45, 7) is 0. The van der Waals surface area contributed by atoms with Crippen LogP contribution in [0.4, 0.5) is 4.39 Å². The lowest BCUT2D eigenvalue weighted by Crippen LogP contribution is -1.98. The molecule has 1 aromatic rings. The summed E-state index contributed by atoms with van der Waals surface area (Å²) in [5.41, 5.74) is -0.289. The van der Waals surface area contributed by atoms with Crippen LogP contribution in [0.1, 0.15) is 16.8 Å². The predicted molar refractivity (Wildman–Crippen MR) is 51.2 cm³/mol. The maximum Gasteiger partial charge on any atom is 0.338 e. The first-order valence-electron chi connectivity index (χ1n) is 4.05.